The van der Waals surface area contributed by atoms with Crippen molar-refractivity contribution in [2.75, 3.05) is 0 Å². The van der Waals surface area contributed by atoms with Gasteiger partial charge in [0.05, 0.1) is 0 Å². The Morgan fingerprint density at radius 2 is 1.93 bits per heavy atom. The summed E-state index contributed by atoms with van der Waals surface area (Å²) < 4.78 is 0. The molecule has 3 N–H and O–H groups in total. The molecule has 1 rings (SSSR count). The van der Waals surface area contributed by atoms with Crippen molar-refractivity contribution < 1.29 is 9.90 Å². The Morgan fingerprint density at radius 1 is 1.40 bits per heavy atom. The van der Waals surface area contributed by atoms with Crippen molar-refractivity contribution in [2.24, 2.45) is 5.73 Å². The number of benzene rings is 1. The van der Waals surface area contributed by atoms with Gasteiger partial charge in [0, 0.05) is 28.1 Å². The Labute approximate surface area is 97.8 Å². The normalized spacial score (nSPS) is 12.5. The molecule has 0 amide bonds. The molecule has 1 atom stereocenters. The minimum Gasteiger partial charge on any atom is -0.481 e. The molecule has 0 saturated carbocycles. The zero-order valence-electron chi connectivity index (χ0n) is 7.91. The first-order valence-electron chi connectivity index (χ1n) is 4.43. The predicted molar refractivity (Wildman–Crippen MR) is 60.3 cm³/mol. The molecule has 1 aromatic carbocycles. The van der Waals surface area contributed by atoms with Crippen molar-refractivity contribution in [3.05, 3.63) is 33.8 Å². The van der Waals surface area contributed by atoms with Gasteiger partial charge in [0.25, 0.3) is 0 Å². The average molecular weight is 248 g/mol. The van der Waals surface area contributed by atoms with Gasteiger partial charge < -0.3 is 10.8 Å². The van der Waals surface area contributed by atoms with E-state index in [0.717, 1.165) is 0 Å². The lowest BCUT2D eigenvalue weighted by atomic mass is 10.0. The molecule has 0 saturated heterocycles. The number of aliphatic carboxylic acids is 1. The highest BCUT2D eigenvalue weighted by Crippen LogP contribution is 2.30. The Balaban J connectivity index is 2.81. The Morgan fingerprint density at radius 3 is 2.40 bits per heavy atom. The van der Waals surface area contributed by atoms with E-state index < -0.39 is 12.0 Å². The van der Waals surface area contributed by atoms with Crippen LogP contribution in [0.1, 0.15) is 24.4 Å². The van der Waals surface area contributed by atoms with E-state index in [-0.39, 0.29) is 6.42 Å². The molecule has 15 heavy (non-hydrogen) atoms. The molecule has 0 aliphatic carbocycles. The summed E-state index contributed by atoms with van der Waals surface area (Å²) in [5, 5.41) is 9.47. The maximum Gasteiger partial charge on any atom is 0.303 e. The first-order valence-corrected chi connectivity index (χ1v) is 5.19. The van der Waals surface area contributed by atoms with Gasteiger partial charge in [-0.25, -0.2) is 0 Å². The largest absolute Gasteiger partial charge is 0.481 e. The molecule has 0 aromatic heterocycles. The van der Waals surface area contributed by atoms with Crippen LogP contribution in [0.4, 0.5) is 0 Å². The third-order valence-corrected chi connectivity index (χ3v) is 2.70. The number of carbonyl (C=O) groups is 1. The topological polar surface area (TPSA) is 63.3 Å². The minimum atomic E-state index is -0.881. The van der Waals surface area contributed by atoms with Gasteiger partial charge in [-0.1, -0.05) is 29.3 Å². The van der Waals surface area contributed by atoms with E-state index in [1.165, 1.54) is 0 Å². The van der Waals surface area contributed by atoms with Gasteiger partial charge in [-0.3, -0.25) is 4.79 Å². The van der Waals surface area contributed by atoms with Crippen LogP contribution in [0, 0.1) is 0 Å². The van der Waals surface area contributed by atoms with Gasteiger partial charge in [0.1, 0.15) is 0 Å². The number of carboxylic acid groups (broad SMARTS) is 1. The minimum absolute atomic E-state index is 0.00270. The van der Waals surface area contributed by atoms with Crippen molar-refractivity contribution in [2.45, 2.75) is 18.9 Å². The summed E-state index contributed by atoms with van der Waals surface area (Å²) in [5.74, 6) is -0.881. The maximum absolute atomic E-state index is 10.4. The third kappa shape index (κ3) is 3.38. The van der Waals surface area contributed by atoms with Gasteiger partial charge in [0.15, 0.2) is 0 Å². The predicted octanol–water partition coefficient (Wildman–Crippen LogP) is 2.86. The quantitative estimate of drug-likeness (QED) is 0.861. The zero-order valence-corrected chi connectivity index (χ0v) is 9.42. The second-order valence-electron chi connectivity index (χ2n) is 3.17. The molecule has 0 fully saturated rings. The van der Waals surface area contributed by atoms with E-state index in [9.17, 15) is 4.79 Å². The lowest BCUT2D eigenvalue weighted by Crippen LogP contribution is -2.13. The van der Waals surface area contributed by atoms with Gasteiger partial charge in [0.2, 0.25) is 0 Å². The van der Waals surface area contributed by atoms with Crippen LogP contribution in [0.5, 0.6) is 0 Å². The molecule has 0 radical (unpaired) electrons. The van der Waals surface area contributed by atoms with Gasteiger partial charge >= 0.3 is 5.97 Å². The Hall–Kier alpha value is -0.770. The van der Waals surface area contributed by atoms with E-state index in [4.69, 9.17) is 34.0 Å². The van der Waals surface area contributed by atoms with E-state index in [1.807, 2.05) is 0 Å². The molecule has 1 aromatic rings. The first kappa shape index (κ1) is 12.3. The second kappa shape index (κ2) is 5.35. The molecule has 0 heterocycles. The monoisotopic (exact) mass is 247 g/mol. The zero-order chi connectivity index (χ0) is 11.4. The molecule has 1 unspecified atom stereocenters. The molecule has 0 aliphatic heterocycles. The molecular weight excluding hydrogens is 237 g/mol. The number of halogens is 2. The SMILES string of the molecule is NC(CCC(=O)O)c1c(Cl)cccc1Cl. The third-order valence-electron chi connectivity index (χ3n) is 2.04. The Kier molecular flexibility index (Phi) is 4.39. The van der Waals surface area contributed by atoms with Crippen LogP contribution in [-0.4, -0.2) is 11.1 Å². The van der Waals surface area contributed by atoms with Crippen molar-refractivity contribution in [1.82, 2.24) is 0 Å². The molecular formula is C10H11Cl2NO2. The fourth-order valence-corrected chi connectivity index (χ4v) is 1.97. The summed E-state index contributed by atoms with van der Waals surface area (Å²) in [6, 6.07) is 4.65. The van der Waals surface area contributed by atoms with Crippen LogP contribution < -0.4 is 5.73 Å². The number of carboxylic acids is 1. The number of nitrogens with two attached hydrogens (primary N) is 1. The summed E-state index contributed by atoms with van der Waals surface area (Å²) in [6.07, 6.45) is 0.321. The van der Waals surface area contributed by atoms with Gasteiger partial charge in [-0.15, -0.1) is 0 Å². The van der Waals surface area contributed by atoms with Crippen LogP contribution in [0.15, 0.2) is 18.2 Å². The second-order valence-corrected chi connectivity index (χ2v) is 3.99. The maximum atomic E-state index is 10.4. The van der Waals surface area contributed by atoms with E-state index in [2.05, 4.69) is 0 Å². The van der Waals surface area contributed by atoms with Crippen molar-refractivity contribution in [3.8, 4) is 0 Å². The summed E-state index contributed by atoms with van der Waals surface area (Å²) in [4.78, 5) is 10.4. The molecule has 5 heteroatoms. The fraction of sp³-hybridized carbons (Fsp3) is 0.300. The van der Waals surface area contributed by atoms with Gasteiger partial charge in [-0.2, -0.15) is 0 Å². The number of rotatable bonds is 4. The summed E-state index contributed by atoms with van der Waals surface area (Å²) in [6.45, 7) is 0. The number of hydrogen-bond donors (Lipinski definition) is 2. The summed E-state index contributed by atoms with van der Waals surface area (Å²) in [7, 11) is 0. The molecule has 0 bridgehead atoms. The molecule has 3 nitrogen and oxygen atoms in total. The average Bonchev–Trinajstić information content (AvgIpc) is 2.14. The fourth-order valence-electron chi connectivity index (χ4n) is 1.29. The highest BCUT2D eigenvalue weighted by atomic mass is 35.5. The smallest absolute Gasteiger partial charge is 0.303 e. The first-order chi connectivity index (χ1) is 7.02. The van der Waals surface area contributed by atoms with Crippen molar-refractivity contribution in [1.29, 1.82) is 0 Å². The highest BCUT2D eigenvalue weighted by Gasteiger charge is 2.14. The van der Waals surface area contributed by atoms with Crippen LogP contribution in [0.3, 0.4) is 0 Å². The Bertz CT molecular complexity index is 348. The van der Waals surface area contributed by atoms with Crippen molar-refractivity contribution in [3.63, 3.8) is 0 Å². The van der Waals surface area contributed by atoms with E-state index in [0.29, 0.717) is 22.0 Å². The molecule has 82 valence electrons. The van der Waals surface area contributed by atoms with Crippen LogP contribution >= 0.6 is 23.2 Å². The van der Waals surface area contributed by atoms with Crippen LogP contribution in [0.25, 0.3) is 0 Å². The summed E-state index contributed by atoms with van der Waals surface area (Å²) in [5.41, 5.74) is 6.43. The van der Waals surface area contributed by atoms with Gasteiger partial charge in [-0.05, 0) is 18.6 Å². The van der Waals surface area contributed by atoms with Crippen molar-refractivity contribution >= 4 is 29.2 Å². The highest BCUT2D eigenvalue weighted by molar-refractivity contribution is 6.36. The van der Waals surface area contributed by atoms with E-state index >= 15 is 0 Å². The standard InChI is InChI=1S/C10H11Cl2NO2/c11-6-2-1-3-7(12)10(6)8(13)4-5-9(14)15/h1-3,8H,4-5,13H2,(H,14,15). The molecule has 0 spiro atoms. The van der Waals surface area contributed by atoms with Crippen LogP contribution in [0.2, 0.25) is 10.0 Å². The molecule has 0 aliphatic rings. The number of hydrogen-bond acceptors (Lipinski definition) is 2. The lowest BCUT2D eigenvalue weighted by Gasteiger charge is -2.14. The lowest BCUT2D eigenvalue weighted by molar-refractivity contribution is -0.137. The van der Waals surface area contributed by atoms with E-state index in [1.54, 1.807) is 18.2 Å². The summed E-state index contributed by atoms with van der Waals surface area (Å²) >= 11 is 11.9. The van der Waals surface area contributed by atoms with Crippen LogP contribution in [-0.2, 0) is 4.79 Å².